The molecule has 0 unspecified atom stereocenters. The molecule has 2 aliphatic rings. The molecule has 2 atom stereocenters. The van der Waals surface area contributed by atoms with E-state index < -0.39 is 5.60 Å². The maximum atomic E-state index is 12.8. The highest BCUT2D eigenvalue weighted by Crippen LogP contribution is 2.60. The Morgan fingerprint density at radius 1 is 1.04 bits per heavy atom. The summed E-state index contributed by atoms with van der Waals surface area (Å²) in [5.74, 6) is 0.630. The van der Waals surface area contributed by atoms with E-state index in [0.29, 0.717) is 32.1 Å². The molecule has 0 aromatic carbocycles. The van der Waals surface area contributed by atoms with Crippen molar-refractivity contribution in [1.29, 1.82) is 0 Å². The summed E-state index contributed by atoms with van der Waals surface area (Å²) in [6.07, 6.45) is 1.93. The van der Waals surface area contributed by atoms with Crippen molar-refractivity contribution in [2.24, 2.45) is 17.3 Å². The third-order valence-electron chi connectivity index (χ3n) is 4.93. The van der Waals surface area contributed by atoms with Crippen molar-refractivity contribution in [2.45, 2.75) is 54.1 Å². The van der Waals surface area contributed by atoms with Gasteiger partial charge in [0.2, 0.25) is 5.91 Å². The predicted octanol–water partition coefficient (Wildman–Crippen LogP) is 3.30. The Kier molecular flexibility index (Phi) is 5.03. The summed E-state index contributed by atoms with van der Waals surface area (Å²) < 4.78 is 5.40. The van der Waals surface area contributed by atoms with Crippen LogP contribution in [0.25, 0.3) is 0 Å². The van der Waals surface area contributed by atoms with Crippen molar-refractivity contribution in [3.63, 3.8) is 0 Å². The van der Waals surface area contributed by atoms with Crippen LogP contribution in [0.1, 0.15) is 48.5 Å². The van der Waals surface area contributed by atoms with Crippen LogP contribution in [0.15, 0.2) is 11.6 Å². The van der Waals surface area contributed by atoms with Crippen LogP contribution in [-0.4, -0.2) is 53.6 Å². The van der Waals surface area contributed by atoms with Crippen molar-refractivity contribution in [3.05, 3.63) is 11.6 Å². The van der Waals surface area contributed by atoms with Gasteiger partial charge in [0.15, 0.2) is 0 Å². The molecule has 1 aliphatic heterocycles. The van der Waals surface area contributed by atoms with E-state index in [2.05, 4.69) is 33.8 Å². The highest BCUT2D eigenvalue weighted by molar-refractivity contribution is 5.84. The molecule has 1 saturated carbocycles. The second kappa shape index (κ2) is 6.41. The van der Waals surface area contributed by atoms with Gasteiger partial charge in [-0.3, -0.25) is 4.79 Å². The highest BCUT2D eigenvalue weighted by atomic mass is 16.6. The first-order chi connectivity index (χ1) is 10.9. The maximum Gasteiger partial charge on any atom is 0.410 e. The SMILES string of the molecule is CC(C)=C[C@@H]1[C@H](C(=O)N2CCN(C(=O)OC(C)(C)C)CC2)C1(C)C. The molecule has 0 radical (unpaired) electrons. The molecule has 0 N–H and O–H groups in total. The minimum Gasteiger partial charge on any atom is -0.444 e. The number of piperazine rings is 1. The fourth-order valence-corrected chi connectivity index (χ4v) is 3.45. The van der Waals surface area contributed by atoms with Gasteiger partial charge < -0.3 is 14.5 Å². The molecular weight excluding hydrogens is 304 g/mol. The summed E-state index contributed by atoms with van der Waals surface area (Å²) in [6.45, 7) is 16.3. The molecule has 1 aliphatic carbocycles. The molecule has 1 saturated heterocycles. The molecule has 2 fully saturated rings. The second-order valence-corrected chi connectivity index (χ2v) is 8.86. The van der Waals surface area contributed by atoms with Crippen molar-refractivity contribution >= 4 is 12.0 Å². The van der Waals surface area contributed by atoms with E-state index in [1.54, 1.807) is 4.90 Å². The molecule has 5 nitrogen and oxygen atoms in total. The van der Waals surface area contributed by atoms with Crippen LogP contribution < -0.4 is 0 Å². The first-order valence-electron chi connectivity index (χ1n) is 8.85. The van der Waals surface area contributed by atoms with Gasteiger partial charge in [0.05, 0.1) is 5.92 Å². The average molecular weight is 336 g/mol. The molecule has 0 spiro atoms. The Morgan fingerprint density at radius 2 is 1.54 bits per heavy atom. The highest BCUT2D eigenvalue weighted by Gasteiger charge is 2.61. The molecule has 5 heteroatoms. The Balaban J connectivity index is 1.90. The van der Waals surface area contributed by atoms with Crippen LogP contribution >= 0.6 is 0 Å². The molecule has 136 valence electrons. The first-order valence-corrected chi connectivity index (χ1v) is 8.85. The van der Waals surface area contributed by atoms with Crippen molar-refractivity contribution in [3.8, 4) is 0 Å². The van der Waals surface area contributed by atoms with Gasteiger partial charge in [0, 0.05) is 26.2 Å². The second-order valence-electron chi connectivity index (χ2n) is 8.86. The van der Waals surface area contributed by atoms with Crippen molar-refractivity contribution in [1.82, 2.24) is 9.80 Å². The number of carbonyl (C=O) groups is 2. The minimum absolute atomic E-state index is 0.0383. The van der Waals surface area contributed by atoms with E-state index in [1.165, 1.54) is 5.57 Å². The van der Waals surface area contributed by atoms with Crippen LogP contribution in [0.3, 0.4) is 0 Å². The van der Waals surface area contributed by atoms with E-state index in [1.807, 2.05) is 25.7 Å². The fourth-order valence-electron chi connectivity index (χ4n) is 3.45. The quantitative estimate of drug-likeness (QED) is 0.727. The van der Waals surface area contributed by atoms with Gasteiger partial charge in [-0.2, -0.15) is 0 Å². The number of hydrogen-bond donors (Lipinski definition) is 0. The zero-order chi connectivity index (χ0) is 18.3. The van der Waals surface area contributed by atoms with Gasteiger partial charge in [-0.15, -0.1) is 0 Å². The maximum absolute atomic E-state index is 12.8. The van der Waals surface area contributed by atoms with Gasteiger partial charge in [0.25, 0.3) is 0 Å². The van der Waals surface area contributed by atoms with Crippen LogP contribution in [0.4, 0.5) is 4.79 Å². The number of carbonyl (C=O) groups excluding carboxylic acids is 2. The van der Waals surface area contributed by atoms with Crippen LogP contribution in [-0.2, 0) is 9.53 Å². The van der Waals surface area contributed by atoms with E-state index in [0.717, 1.165) is 0 Å². The lowest BCUT2D eigenvalue weighted by Crippen LogP contribution is -2.52. The van der Waals surface area contributed by atoms with Crippen LogP contribution in [0.2, 0.25) is 0 Å². The van der Waals surface area contributed by atoms with E-state index in [-0.39, 0.29) is 23.3 Å². The molecule has 1 heterocycles. The summed E-state index contributed by atoms with van der Waals surface area (Å²) in [7, 11) is 0. The molecule has 0 aromatic rings. The number of hydrogen-bond acceptors (Lipinski definition) is 3. The largest absolute Gasteiger partial charge is 0.444 e. The fraction of sp³-hybridized carbons (Fsp3) is 0.789. The van der Waals surface area contributed by atoms with E-state index >= 15 is 0 Å². The monoisotopic (exact) mass is 336 g/mol. The summed E-state index contributed by atoms with van der Waals surface area (Å²) in [4.78, 5) is 28.5. The molecule has 0 aromatic heterocycles. The first kappa shape index (κ1) is 18.8. The lowest BCUT2D eigenvalue weighted by Gasteiger charge is -2.36. The van der Waals surface area contributed by atoms with Gasteiger partial charge in [-0.25, -0.2) is 4.79 Å². The van der Waals surface area contributed by atoms with Gasteiger partial charge in [-0.05, 0) is 46.0 Å². The van der Waals surface area contributed by atoms with Crippen molar-refractivity contribution < 1.29 is 14.3 Å². The number of rotatable bonds is 2. The van der Waals surface area contributed by atoms with Crippen molar-refractivity contribution in [2.75, 3.05) is 26.2 Å². The predicted molar refractivity (Wildman–Crippen MR) is 94.6 cm³/mol. The Bertz CT molecular complexity index is 533. The number of ether oxygens (including phenoxy) is 1. The molecule has 2 amide bonds. The molecule has 2 rings (SSSR count). The number of allylic oxidation sites excluding steroid dienone is 2. The third-order valence-corrected chi connectivity index (χ3v) is 4.93. The van der Waals surface area contributed by atoms with Gasteiger partial charge >= 0.3 is 6.09 Å². The smallest absolute Gasteiger partial charge is 0.410 e. The minimum atomic E-state index is -0.486. The number of amides is 2. The Hall–Kier alpha value is -1.52. The van der Waals surface area contributed by atoms with E-state index in [9.17, 15) is 9.59 Å². The van der Waals surface area contributed by atoms with Gasteiger partial charge in [0.1, 0.15) is 5.60 Å². The average Bonchev–Trinajstić information content (AvgIpc) is 2.96. The Labute approximate surface area is 146 Å². The van der Waals surface area contributed by atoms with Gasteiger partial charge in [-0.1, -0.05) is 25.5 Å². The van der Waals surface area contributed by atoms with Crippen LogP contribution in [0.5, 0.6) is 0 Å². The molecule has 24 heavy (non-hydrogen) atoms. The topological polar surface area (TPSA) is 49.9 Å². The summed E-state index contributed by atoms with van der Waals surface area (Å²) in [5.41, 5.74) is 0.814. The lowest BCUT2D eigenvalue weighted by molar-refractivity contribution is -0.135. The zero-order valence-corrected chi connectivity index (χ0v) is 16.2. The summed E-state index contributed by atoms with van der Waals surface area (Å²) in [6, 6.07) is 0. The zero-order valence-electron chi connectivity index (χ0n) is 16.2. The van der Waals surface area contributed by atoms with E-state index in [4.69, 9.17) is 4.74 Å². The van der Waals surface area contributed by atoms with Crippen LogP contribution in [0, 0.1) is 17.3 Å². The normalized spacial score (nSPS) is 26.0. The molecular formula is C19H32N2O3. The Morgan fingerprint density at radius 3 is 2.00 bits per heavy atom. The third kappa shape index (κ3) is 4.11. The summed E-state index contributed by atoms with van der Waals surface area (Å²) >= 11 is 0. The molecule has 0 bridgehead atoms. The summed E-state index contributed by atoms with van der Waals surface area (Å²) in [5, 5.41) is 0. The lowest BCUT2D eigenvalue weighted by atomic mass is 10.1. The standard InChI is InChI=1S/C19H32N2O3/c1-13(2)12-14-15(19(14,6)7)16(22)20-8-10-21(11-9-20)17(23)24-18(3,4)5/h12,14-15H,8-11H2,1-7H3/t14-,15-/m1/s1. The number of nitrogens with zero attached hydrogens (tertiary/aromatic N) is 2.